The number of amides is 2. The van der Waals surface area contributed by atoms with E-state index in [9.17, 15) is 9.59 Å². The largest absolute Gasteiger partial charge is 0.351 e. The number of hydrogen-bond donors (Lipinski definition) is 2. The highest BCUT2D eigenvalue weighted by atomic mass is 16.5. The maximum atomic E-state index is 12.0. The van der Waals surface area contributed by atoms with Gasteiger partial charge < -0.3 is 15.2 Å². The molecule has 2 rings (SSSR count). The molecule has 1 heterocycles. The molecule has 0 fully saturated rings. The Morgan fingerprint density at radius 3 is 2.43 bits per heavy atom. The highest BCUT2D eigenvalue weighted by molar-refractivity contribution is 6.03. The number of nitrogens with one attached hydrogen (secondary N) is 2. The van der Waals surface area contributed by atoms with Crippen LogP contribution >= 0.6 is 0 Å². The summed E-state index contributed by atoms with van der Waals surface area (Å²) in [7, 11) is 0. The van der Waals surface area contributed by atoms with E-state index in [0.29, 0.717) is 23.5 Å². The topological polar surface area (TPSA) is 84.2 Å². The van der Waals surface area contributed by atoms with Crippen molar-refractivity contribution < 1.29 is 14.1 Å². The molecule has 6 heteroatoms. The van der Waals surface area contributed by atoms with Gasteiger partial charge in [0, 0.05) is 23.9 Å². The van der Waals surface area contributed by atoms with Gasteiger partial charge in [-0.25, -0.2) is 0 Å². The molecule has 0 unspecified atom stereocenters. The maximum Gasteiger partial charge on any atom is 0.294 e. The van der Waals surface area contributed by atoms with Crippen LogP contribution in [0.1, 0.15) is 35.2 Å². The molecule has 0 atom stereocenters. The summed E-state index contributed by atoms with van der Waals surface area (Å²) < 4.78 is 4.92. The predicted molar refractivity (Wildman–Crippen MR) is 79.3 cm³/mol. The summed E-state index contributed by atoms with van der Waals surface area (Å²) in [5.74, 6) is -0.306. The molecule has 0 aliphatic rings. The first-order chi connectivity index (χ1) is 10.0. The minimum Gasteiger partial charge on any atom is -0.351 e. The van der Waals surface area contributed by atoms with Crippen LogP contribution in [0, 0.1) is 13.8 Å². The smallest absolute Gasteiger partial charge is 0.294 e. The fraction of sp³-hybridized carbons (Fsp3) is 0.267. The molecule has 0 aliphatic heterocycles. The second-order valence-corrected chi connectivity index (χ2v) is 4.67. The molecule has 1 aromatic carbocycles. The van der Waals surface area contributed by atoms with E-state index in [0.717, 1.165) is 5.56 Å². The Balaban J connectivity index is 2.18. The van der Waals surface area contributed by atoms with Gasteiger partial charge in [-0.05, 0) is 31.5 Å². The molecule has 0 bridgehead atoms. The zero-order valence-corrected chi connectivity index (χ0v) is 12.2. The van der Waals surface area contributed by atoms with Crippen molar-refractivity contribution in [2.75, 3.05) is 10.6 Å². The van der Waals surface area contributed by atoms with Gasteiger partial charge in [-0.15, -0.1) is 0 Å². The average molecular weight is 287 g/mol. The third-order valence-corrected chi connectivity index (χ3v) is 3.03. The number of hydrogen-bond acceptors (Lipinski definition) is 4. The first-order valence-corrected chi connectivity index (χ1v) is 6.65. The number of rotatable bonds is 4. The van der Waals surface area contributed by atoms with E-state index < -0.39 is 0 Å². The number of anilines is 2. The number of carbonyl (C=O) groups excluding carboxylic acids is 2. The molecular weight excluding hydrogens is 270 g/mol. The van der Waals surface area contributed by atoms with Gasteiger partial charge in [0.1, 0.15) is 0 Å². The molecule has 0 saturated carbocycles. The molecule has 0 spiro atoms. The van der Waals surface area contributed by atoms with E-state index in [2.05, 4.69) is 15.8 Å². The summed E-state index contributed by atoms with van der Waals surface area (Å²) >= 11 is 0. The Morgan fingerprint density at radius 2 is 1.86 bits per heavy atom. The van der Waals surface area contributed by atoms with Crippen molar-refractivity contribution in [1.82, 2.24) is 5.16 Å². The van der Waals surface area contributed by atoms with Crippen molar-refractivity contribution in [1.29, 1.82) is 0 Å². The third kappa shape index (κ3) is 3.47. The number of carbonyl (C=O) groups is 2. The molecule has 21 heavy (non-hydrogen) atoms. The van der Waals surface area contributed by atoms with Crippen molar-refractivity contribution >= 4 is 23.2 Å². The first-order valence-electron chi connectivity index (χ1n) is 6.65. The summed E-state index contributed by atoms with van der Waals surface area (Å²) in [6.07, 6.45) is 0.396. The Kier molecular flexibility index (Phi) is 4.37. The zero-order chi connectivity index (χ0) is 15.4. The minimum absolute atomic E-state index is 0.0764. The number of nitrogens with zero attached hydrogens (tertiary/aromatic N) is 1. The monoisotopic (exact) mass is 287 g/mol. The molecule has 0 aliphatic carbocycles. The lowest BCUT2D eigenvalue weighted by atomic mass is 10.1. The van der Waals surface area contributed by atoms with Crippen molar-refractivity contribution in [2.45, 2.75) is 27.2 Å². The van der Waals surface area contributed by atoms with Gasteiger partial charge in [0.15, 0.2) is 0 Å². The normalized spacial score (nSPS) is 10.2. The lowest BCUT2D eigenvalue weighted by molar-refractivity contribution is -0.115. The van der Waals surface area contributed by atoms with Crippen molar-refractivity contribution in [3.63, 3.8) is 0 Å². The first kappa shape index (κ1) is 14.8. The van der Waals surface area contributed by atoms with Crippen LogP contribution in [-0.2, 0) is 4.79 Å². The van der Waals surface area contributed by atoms with Gasteiger partial charge >= 0.3 is 0 Å². The Bertz CT molecular complexity index is 677. The van der Waals surface area contributed by atoms with E-state index >= 15 is 0 Å². The Labute approximate surface area is 122 Å². The summed E-state index contributed by atoms with van der Waals surface area (Å²) in [5.41, 5.74) is 2.71. The molecular formula is C15H17N3O3. The van der Waals surface area contributed by atoms with E-state index in [-0.39, 0.29) is 17.6 Å². The number of aromatic nitrogens is 1. The van der Waals surface area contributed by atoms with Crippen LogP contribution in [0.4, 0.5) is 11.4 Å². The van der Waals surface area contributed by atoms with Gasteiger partial charge in [0.2, 0.25) is 11.7 Å². The van der Waals surface area contributed by atoms with Crippen LogP contribution in [0.3, 0.4) is 0 Å². The van der Waals surface area contributed by atoms with E-state index in [1.165, 1.54) is 0 Å². The number of benzene rings is 1. The lowest BCUT2D eigenvalue weighted by Gasteiger charge is -2.12. The molecule has 1 aromatic heterocycles. The SMILES string of the molecule is CCC(=O)Nc1cccc(NC(=O)c2cc(C)no2)c1C. The fourth-order valence-electron chi connectivity index (χ4n) is 1.80. The Morgan fingerprint density at radius 1 is 1.19 bits per heavy atom. The molecule has 2 amide bonds. The van der Waals surface area contributed by atoms with E-state index in [4.69, 9.17) is 4.52 Å². The van der Waals surface area contributed by atoms with Crippen molar-refractivity contribution in [3.8, 4) is 0 Å². The van der Waals surface area contributed by atoms with Crippen LogP contribution in [0.15, 0.2) is 28.8 Å². The van der Waals surface area contributed by atoms with Crippen LogP contribution in [0.5, 0.6) is 0 Å². The zero-order valence-electron chi connectivity index (χ0n) is 12.2. The molecule has 0 saturated heterocycles. The second-order valence-electron chi connectivity index (χ2n) is 4.67. The highest BCUT2D eigenvalue weighted by Crippen LogP contribution is 2.24. The summed E-state index contributed by atoms with van der Waals surface area (Å²) in [4.78, 5) is 23.5. The standard InChI is InChI=1S/C15H17N3O3/c1-4-14(19)16-11-6-5-7-12(10(11)3)17-15(20)13-8-9(2)18-21-13/h5-8H,4H2,1-3H3,(H,16,19)(H,17,20). The minimum atomic E-state index is -0.377. The second kappa shape index (κ2) is 6.21. The Hall–Kier alpha value is -2.63. The van der Waals surface area contributed by atoms with E-state index in [1.54, 1.807) is 38.1 Å². The summed E-state index contributed by atoms with van der Waals surface area (Å²) in [5, 5.41) is 9.22. The van der Waals surface area contributed by atoms with Crippen molar-refractivity contribution in [3.05, 3.63) is 41.3 Å². The highest BCUT2D eigenvalue weighted by Gasteiger charge is 2.14. The average Bonchev–Trinajstić information content (AvgIpc) is 2.89. The van der Waals surface area contributed by atoms with Gasteiger partial charge in [-0.3, -0.25) is 9.59 Å². The van der Waals surface area contributed by atoms with Crippen LogP contribution in [-0.4, -0.2) is 17.0 Å². The van der Waals surface area contributed by atoms with Gasteiger partial charge in [-0.2, -0.15) is 0 Å². The van der Waals surface area contributed by atoms with Gasteiger partial charge in [0.05, 0.1) is 5.69 Å². The molecule has 0 radical (unpaired) electrons. The van der Waals surface area contributed by atoms with Crippen LogP contribution in [0.25, 0.3) is 0 Å². The molecule has 2 aromatic rings. The summed E-state index contributed by atoms with van der Waals surface area (Å²) in [6.45, 7) is 5.35. The molecule has 110 valence electrons. The predicted octanol–water partition coefficient (Wildman–Crippen LogP) is 2.89. The van der Waals surface area contributed by atoms with Gasteiger partial charge in [-0.1, -0.05) is 18.1 Å². The third-order valence-electron chi connectivity index (χ3n) is 3.03. The quantitative estimate of drug-likeness (QED) is 0.905. The van der Waals surface area contributed by atoms with Crippen LogP contribution in [0.2, 0.25) is 0 Å². The molecule has 6 nitrogen and oxygen atoms in total. The van der Waals surface area contributed by atoms with Gasteiger partial charge in [0.25, 0.3) is 5.91 Å². The van der Waals surface area contributed by atoms with Crippen LogP contribution < -0.4 is 10.6 Å². The maximum absolute atomic E-state index is 12.0. The summed E-state index contributed by atoms with van der Waals surface area (Å²) in [6, 6.07) is 6.88. The lowest BCUT2D eigenvalue weighted by Crippen LogP contribution is -2.14. The van der Waals surface area contributed by atoms with Crippen molar-refractivity contribution in [2.24, 2.45) is 0 Å². The number of aryl methyl sites for hydroxylation is 1. The van der Waals surface area contributed by atoms with E-state index in [1.807, 2.05) is 6.92 Å². The fourth-order valence-corrected chi connectivity index (χ4v) is 1.80. The molecule has 2 N–H and O–H groups in total.